The van der Waals surface area contributed by atoms with Crippen LogP contribution in [0.25, 0.3) is 5.82 Å². The molecule has 14 nitrogen and oxygen atoms in total. The van der Waals surface area contributed by atoms with Crippen LogP contribution in [0.15, 0.2) is 23.4 Å². The minimum Gasteiger partial charge on any atom is -0.463 e. The summed E-state index contributed by atoms with van der Waals surface area (Å²) >= 11 is 0. The summed E-state index contributed by atoms with van der Waals surface area (Å²) in [6.45, 7) is 3.23. The zero-order valence-electron chi connectivity index (χ0n) is 16.2. The highest BCUT2D eigenvalue weighted by atomic mass is 16.7. The molecule has 0 radical (unpaired) electrons. The average molecular weight is 423 g/mol. The van der Waals surface area contributed by atoms with Gasteiger partial charge in [0.25, 0.3) is 0 Å². The molecule has 2 aromatic heterocycles. The van der Waals surface area contributed by atoms with Crippen LogP contribution in [0.1, 0.15) is 27.0 Å². The van der Waals surface area contributed by atoms with E-state index < -0.39 is 48.1 Å². The minimum atomic E-state index is -1.19. The Labute approximate surface area is 168 Å². The molecule has 30 heavy (non-hydrogen) atoms. The molecule has 0 amide bonds. The summed E-state index contributed by atoms with van der Waals surface area (Å²) in [4.78, 5) is 50.9. The van der Waals surface area contributed by atoms with Crippen LogP contribution in [0.2, 0.25) is 0 Å². The molecule has 0 aliphatic carbocycles. The molecule has 2 aromatic rings. The van der Waals surface area contributed by atoms with Crippen molar-refractivity contribution >= 4 is 17.9 Å². The van der Waals surface area contributed by atoms with E-state index in [1.807, 2.05) is 0 Å². The normalized spacial score (nSPS) is 23.0. The number of hydrogen-bond donors (Lipinski definition) is 0. The predicted molar refractivity (Wildman–Crippen MR) is 92.9 cm³/mol. The lowest BCUT2D eigenvalue weighted by molar-refractivity contribution is -0.166. The van der Waals surface area contributed by atoms with Crippen molar-refractivity contribution in [1.82, 2.24) is 29.8 Å². The highest BCUT2D eigenvalue weighted by Gasteiger charge is 2.50. The van der Waals surface area contributed by atoms with Gasteiger partial charge in [0.2, 0.25) is 0 Å². The van der Waals surface area contributed by atoms with Gasteiger partial charge in [-0.25, -0.2) is 4.79 Å². The molecule has 0 saturated carbocycles. The molecule has 3 heterocycles. The second kappa shape index (κ2) is 8.77. The predicted octanol–water partition coefficient (Wildman–Crippen LogP) is -1.46. The first-order valence-electron chi connectivity index (χ1n) is 8.72. The van der Waals surface area contributed by atoms with E-state index in [9.17, 15) is 19.2 Å². The molecule has 0 N–H and O–H groups in total. The standard InChI is InChI=1S/C16H18N6O8/c1-8(23)27-6-11-13(28-9(2)24)14(29-10(3)25)15(30-11)21-5-4-12(18-16(21)26)22-7-17-19-20-22/h4-5,7,11,13-15H,6H2,1-3H3/t11-,13-,14-,15-/m1/s1/i18+1. The number of hydrogen-bond acceptors (Lipinski definition) is 12. The van der Waals surface area contributed by atoms with Crippen LogP contribution in [0.4, 0.5) is 0 Å². The molecule has 0 unspecified atom stereocenters. The van der Waals surface area contributed by atoms with Crippen molar-refractivity contribution in [2.45, 2.75) is 45.3 Å². The summed E-state index contributed by atoms with van der Waals surface area (Å²) in [5.41, 5.74) is -0.764. The molecule has 160 valence electrons. The number of aromatic nitrogens is 6. The molecule has 1 aliphatic heterocycles. The molecule has 1 saturated heterocycles. The van der Waals surface area contributed by atoms with Gasteiger partial charge in [-0.2, -0.15) is 9.67 Å². The van der Waals surface area contributed by atoms with E-state index in [1.54, 1.807) is 0 Å². The number of ether oxygens (including phenoxy) is 4. The fourth-order valence-electron chi connectivity index (χ4n) is 2.91. The van der Waals surface area contributed by atoms with Crippen LogP contribution >= 0.6 is 0 Å². The molecule has 0 spiro atoms. The number of carbonyl (C=O) groups excluding carboxylic acids is 3. The van der Waals surface area contributed by atoms with Crippen molar-refractivity contribution in [3.05, 3.63) is 29.1 Å². The van der Waals surface area contributed by atoms with Crippen molar-refractivity contribution in [1.29, 1.82) is 0 Å². The van der Waals surface area contributed by atoms with E-state index in [1.165, 1.54) is 30.2 Å². The first kappa shape index (κ1) is 21.0. The molecule has 0 aromatic carbocycles. The lowest BCUT2D eigenvalue weighted by atomic mass is 10.1. The molecular formula is C16H18N6O8. The summed E-state index contributed by atoms with van der Waals surface area (Å²) < 4.78 is 23.5. The van der Waals surface area contributed by atoms with Gasteiger partial charge in [0, 0.05) is 27.0 Å². The van der Waals surface area contributed by atoms with Crippen LogP contribution in [0.3, 0.4) is 0 Å². The van der Waals surface area contributed by atoms with Crippen molar-refractivity contribution in [2.75, 3.05) is 6.61 Å². The van der Waals surface area contributed by atoms with Crippen molar-refractivity contribution in [3.8, 4) is 5.82 Å². The van der Waals surface area contributed by atoms with E-state index in [0.717, 1.165) is 18.4 Å². The first-order valence-corrected chi connectivity index (χ1v) is 8.72. The number of nitrogens with zero attached hydrogens (tertiary/aromatic N) is 6. The van der Waals surface area contributed by atoms with E-state index >= 15 is 0 Å². The third-order valence-corrected chi connectivity index (χ3v) is 4.01. The minimum absolute atomic E-state index is 0.149. The van der Waals surface area contributed by atoms with Crippen LogP contribution < -0.4 is 5.69 Å². The van der Waals surface area contributed by atoms with Gasteiger partial charge in [0.15, 0.2) is 24.3 Å². The van der Waals surface area contributed by atoms with Gasteiger partial charge in [0.05, 0.1) is 0 Å². The second-order valence-corrected chi connectivity index (χ2v) is 6.25. The summed E-state index contributed by atoms with van der Waals surface area (Å²) in [6, 6.07) is 1.44. The zero-order chi connectivity index (χ0) is 21.8. The van der Waals surface area contributed by atoms with Crippen LogP contribution in [-0.2, 0) is 33.3 Å². The second-order valence-electron chi connectivity index (χ2n) is 6.25. The van der Waals surface area contributed by atoms with Crippen molar-refractivity contribution in [2.24, 2.45) is 0 Å². The van der Waals surface area contributed by atoms with Gasteiger partial charge in [-0.3, -0.25) is 19.0 Å². The van der Waals surface area contributed by atoms with Gasteiger partial charge < -0.3 is 18.9 Å². The Morgan fingerprint density at radius 1 is 1.10 bits per heavy atom. The molecule has 1 aliphatic rings. The van der Waals surface area contributed by atoms with E-state index in [2.05, 4.69) is 20.5 Å². The molecule has 1 fully saturated rings. The Balaban J connectivity index is 1.96. The summed E-state index contributed by atoms with van der Waals surface area (Å²) in [5, 5.41) is 10.6. The number of tetrazole rings is 1. The Bertz CT molecular complexity index is 990. The Morgan fingerprint density at radius 2 is 1.80 bits per heavy atom. The molecular weight excluding hydrogens is 405 g/mol. The van der Waals surface area contributed by atoms with Gasteiger partial charge in [-0.05, 0) is 16.5 Å². The number of rotatable bonds is 6. The molecule has 4 atom stereocenters. The van der Waals surface area contributed by atoms with Crippen LogP contribution in [-0.4, -0.2) is 72.6 Å². The number of carbonyl (C=O) groups is 3. The maximum absolute atomic E-state index is 12.6. The van der Waals surface area contributed by atoms with Gasteiger partial charge >= 0.3 is 23.6 Å². The van der Waals surface area contributed by atoms with Crippen molar-refractivity contribution in [3.63, 3.8) is 0 Å². The van der Waals surface area contributed by atoms with E-state index in [4.69, 9.17) is 18.9 Å². The lowest BCUT2D eigenvalue weighted by Gasteiger charge is -2.23. The van der Waals surface area contributed by atoms with Gasteiger partial charge in [0.1, 0.15) is 19.0 Å². The zero-order valence-corrected chi connectivity index (χ0v) is 16.2. The van der Waals surface area contributed by atoms with Gasteiger partial charge in [-0.1, -0.05) is 0 Å². The Hall–Kier alpha value is -3.68. The maximum Gasteiger partial charge on any atom is 0.351 e. The van der Waals surface area contributed by atoms with Crippen LogP contribution in [0.5, 0.6) is 0 Å². The first-order chi connectivity index (χ1) is 14.3. The lowest BCUT2D eigenvalue weighted by Crippen LogP contribution is -2.41. The van der Waals surface area contributed by atoms with Gasteiger partial charge in [-0.15, -0.1) is 5.10 Å². The average Bonchev–Trinajstić information content (AvgIpc) is 3.29. The largest absolute Gasteiger partial charge is 0.463 e. The third kappa shape index (κ3) is 4.65. The molecule has 0 bridgehead atoms. The number of esters is 3. The quantitative estimate of drug-likeness (QED) is 0.392. The highest BCUT2D eigenvalue weighted by molar-refractivity contribution is 5.68. The van der Waals surface area contributed by atoms with Crippen LogP contribution in [0, 0.1) is 0 Å². The Morgan fingerprint density at radius 3 is 2.37 bits per heavy atom. The topological polar surface area (TPSA) is 167 Å². The summed E-state index contributed by atoms with van der Waals surface area (Å²) in [5.74, 6) is -1.80. The highest BCUT2D eigenvalue weighted by Crippen LogP contribution is 2.33. The monoisotopic (exact) mass is 423 g/mol. The molecule has 3 rings (SSSR count). The third-order valence-electron chi connectivity index (χ3n) is 4.01. The smallest absolute Gasteiger partial charge is 0.351 e. The summed E-state index contributed by atoms with van der Waals surface area (Å²) in [6.07, 6.45) is -1.90. The van der Waals surface area contributed by atoms with E-state index in [0.29, 0.717) is 0 Å². The maximum atomic E-state index is 12.6. The van der Waals surface area contributed by atoms with E-state index in [-0.39, 0.29) is 12.4 Å². The van der Waals surface area contributed by atoms with Crippen molar-refractivity contribution < 1.29 is 33.3 Å². The molecule has 14 heteroatoms. The summed E-state index contributed by atoms with van der Waals surface area (Å²) in [7, 11) is 0. The SMILES string of the molecule is CC(=O)OC[C@H]1O[C@@H](n2ccc(-n3cnnn3)[15n]c2=O)[C@H](OC(C)=O)[C@@H]1OC(C)=O. The Kier molecular flexibility index (Phi) is 6.15. The fourth-order valence-corrected chi connectivity index (χ4v) is 2.91. The fraction of sp³-hybridized carbons (Fsp3) is 0.500.